The average molecular weight is 181 g/mol. The SMILES string of the molecule is CC(C)c1ccc(F)cc1C(N)=O. The molecule has 0 radical (unpaired) electrons. The number of primary amides is 1. The van der Waals surface area contributed by atoms with Gasteiger partial charge in [-0.05, 0) is 23.6 Å². The van der Waals surface area contributed by atoms with Crippen LogP contribution in [0.2, 0.25) is 0 Å². The average Bonchev–Trinajstić information content (AvgIpc) is 2.03. The lowest BCUT2D eigenvalue weighted by molar-refractivity contribution is 0.0998. The Labute approximate surface area is 76.6 Å². The van der Waals surface area contributed by atoms with Gasteiger partial charge in [0.15, 0.2) is 0 Å². The van der Waals surface area contributed by atoms with Gasteiger partial charge in [0.05, 0.1) is 0 Å². The molecule has 1 amide bonds. The lowest BCUT2D eigenvalue weighted by Crippen LogP contribution is -2.14. The lowest BCUT2D eigenvalue weighted by Gasteiger charge is -2.09. The van der Waals surface area contributed by atoms with Gasteiger partial charge < -0.3 is 5.73 Å². The molecule has 13 heavy (non-hydrogen) atoms. The number of carbonyl (C=O) groups is 1. The van der Waals surface area contributed by atoms with E-state index in [1.807, 2.05) is 13.8 Å². The van der Waals surface area contributed by atoms with Crippen molar-refractivity contribution in [2.24, 2.45) is 5.73 Å². The first-order valence-corrected chi connectivity index (χ1v) is 4.11. The molecule has 0 bridgehead atoms. The lowest BCUT2D eigenvalue weighted by atomic mass is 9.97. The maximum absolute atomic E-state index is 12.8. The van der Waals surface area contributed by atoms with E-state index in [1.54, 1.807) is 6.07 Å². The smallest absolute Gasteiger partial charge is 0.249 e. The molecule has 70 valence electrons. The molecule has 0 saturated carbocycles. The molecule has 0 heterocycles. The minimum absolute atomic E-state index is 0.170. The molecule has 0 aliphatic heterocycles. The maximum atomic E-state index is 12.8. The predicted molar refractivity (Wildman–Crippen MR) is 49.0 cm³/mol. The van der Waals surface area contributed by atoms with E-state index in [4.69, 9.17) is 5.73 Å². The number of hydrogen-bond acceptors (Lipinski definition) is 1. The summed E-state index contributed by atoms with van der Waals surface area (Å²) in [4.78, 5) is 10.9. The van der Waals surface area contributed by atoms with Crippen LogP contribution in [-0.2, 0) is 0 Å². The first kappa shape index (κ1) is 9.71. The number of amides is 1. The Morgan fingerprint density at radius 1 is 1.46 bits per heavy atom. The Kier molecular flexibility index (Phi) is 2.66. The standard InChI is InChI=1S/C10H12FNO/c1-6(2)8-4-3-7(11)5-9(8)10(12)13/h3-6H,1-2H3,(H2,12,13). The number of carbonyl (C=O) groups excluding carboxylic acids is 1. The highest BCUT2D eigenvalue weighted by molar-refractivity contribution is 5.94. The van der Waals surface area contributed by atoms with Gasteiger partial charge in [0.2, 0.25) is 5.91 Å². The van der Waals surface area contributed by atoms with Crippen molar-refractivity contribution in [3.8, 4) is 0 Å². The molecule has 3 heteroatoms. The van der Waals surface area contributed by atoms with Gasteiger partial charge in [0.1, 0.15) is 5.82 Å². The first-order valence-electron chi connectivity index (χ1n) is 4.11. The van der Waals surface area contributed by atoms with Crippen LogP contribution in [0.15, 0.2) is 18.2 Å². The fourth-order valence-electron chi connectivity index (χ4n) is 1.25. The first-order chi connectivity index (χ1) is 6.02. The molecule has 0 aliphatic rings. The molecule has 0 unspecified atom stereocenters. The van der Waals surface area contributed by atoms with Crippen LogP contribution in [0.1, 0.15) is 35.7 Å². The molecule has 1 rings (SSSR count). The zero-order valence-electron chi connectivity index (χ0n) is 7.67. The van der Waals surface area contributed by atoms with Gasteiger partial charge >= 0.3 is 0 Å². The van der Waals surface area contributed by atoms with E-state index in [0.717, 1.165) is 5.56 Å². The normalized spacial score (nSPS) is 10.5. The van der Waals surface area contributed by atoms with Gasteiger partial charge in [-0.25, -0.2) is 4.39 Å². The Balaban J connectivity index is 3.27. The third kappa shape index (κ3) is 2.05. The highest BCUT2D eigenvalue weighted by Crippen LogP contribution is 2.19. The fourth-order valence-corrected chi connectivity index (χ4v) is 1.25. The third-order valence-electron chi connectivity index (χ3n) is 1.90. The molecule has 0 atom stereocenters. The van der Waals surface area contributed by atoms with E-state index < -0.39 is 11.7 Å². The minimum atomic E-state index is -0.580. The van der Waals surface area contributed by atoms with Gasteiger partial charge in [0.25, 0.3) is 0 Å². The largest absolute Gasteiger partial charge is 0.366 e. The summed E-state index contributed by atoms with van der Waals surface area (Å²) in [6.07, 6.45) is 0. The van der Waals surface area contributed by atoms with Crippen LogP contribution in [0, 0.1) is 5.82 Å². The number of benzene rings is 1. The van der Waals surface area contributed by atoms with Crippen LogP contribution >= 0.6 is 0 Å². The molecule has 0 aromatic heterocycles. The molecule has 0 spiro atoms. The molecule has 0 saturated heterocycles. The fraction of sp³-hybridized carbons (Fsp3) is 0.300. The third-order valence-corrected chi connectivity index (χ3v) is 1.90. The van der Waals surface area contributed by atoms with Crippen molar-refractivity contribution in [2.45, 2.75) is 19.8 Å². The molecule has 1 aromatic rings. The molecule has 1 aromatic carbocycles. The van der Waals surface area contributed by atoms with Crippen molar-refractivity contribution in [3.05, 3.63) is 35.1 Å². The maximum Gasteiger partial charge on any atom is 0.249 e. The Bertz CT molecular complexity index is 334. The summed E-state index contributed by atoms with van der Waals surface area (Å²) in [7, 11) is 0. The second kappa shape index (κ2) is 3.56. The van der Waals surface area contributed by atoms with Crippen molar-refractivity contribution in [2.75, 3.05) is 0 Å². The summed E-state index contributed by atoms with van der Waals surface area (Å²) >= 11 is 0. The number of hydrogen-bond donors (Lipinski definition) is 1. The van der Waals surface area contributed by atoms with Crippen LogP contribution in [0.25, 0.3) is 0 Å². The highest BCUT2D eigenvalue weighted by atomic mass is 19.1. The quantitative estimate of drug-likeness (QED) is 0.745. The summed E-state index contributed by atoms with van der Waals surface area (Å²) in [5.74, 6) is -0.843. The summed E-state index contributed by atoms with van der Waals surface area (Å²) in [5.41, 5.74) is 6.17. The van der Waals surface area contributed by atoms with Crippen LogP contribution < -0.4 is 5.73 Å². The van der Waals surface area contributed by atoms with Crippen LogP contribution in [0.5, 0.6) is 0 Å². The van der Waals surface area contributed by atoms with E-state index in [1.165, 1.54) is 12.1 Å². The topological polar surface area (TPSA) is 43.1 Å². The van der Waals surface area contributed by atoms with Crippen molar-refractivity contribution >= 4 is 5.91 Å². The van der Waals surface area contributed by atoms with E-state index in [-0.39, 0.29) is 11.5 Å². The number of rotatable bonds is 2. The zero-order chi connectivity index (χ0) is 10.0. The number of halogens is 1. The van der Waals surface area contributed by atoms with E-state index in [2.05, 4.69) is 0 Å². The minimum Gasteiger partial charge on any atom is -0.366 e. The number of nitrogens with two attached hydrogens (primary N) is 1. The van der Waals surface area contributed by atoms with Crippen molar-refractivity contribution in [3.63, 3.8) is 0 Å². The highest BCUT2D eigenvalue weighted by Gasteiger charge is 2.11. The van der Waals surface area contributed by atoms with Crippen molar-refractivity contribution in [1.82, 2.24) is 0 Å². The molecule has 0 fully saturated rings. The van der Waals surface area contributed by atoms with E-state index in [0.29, 0.717) is 0 Å². The van der Waals surface area contributed by atoms with Gasteiger partial charge in [-0.3, -0.25) is 4.79 Å². The van der Waals surface area contributed by atoms with Gasteiger partial charge in [-0.15, -0.1) is 0 Å². The van der Waals surface area contributed by atoms with Crippen molar-refractivity contribution in [1.29, 1.82) is 0 Å². The van der Waals surface area contributed by atoms with Gasteiger partial charge in [-0.1, -0.05) is 19.9 Å². The molecular formula is C10H12FNO. The summed E-state index contributed by atoms with van der Waals surface area (Å²) in [6.45, 7) is 3.86. The van der Waals surface area contributed by atoms with E-state index in [9.17, 15) is 9.18 Å². The van der Waals surface area contributed by atoms with Crippen molar-refractivity contribution < 1.29 is 9.18 Å². The zero-order valence-corrected chi connectivity index (χ0v) is 7.67. The second-order valence-electron chi connectivity index (χ2n) is 3.25. The van der Waals surface area contributed by atoms with Gasteiger partial charge in [-0.2, -0.15) is 0 Å². The Morgan fingerprint density at radius 2 is 2.08 bits per heavy atom. The summed E-state index contributed by atoms with van der Waals surface area (Å²) in [6, 6.07) is 4.11. The molecule has 2 nitrogen and oxygen atoms in total. The molecule has 0 aliphatic carbocycles. The predicted octanol–water partition coefficient (Wildman–Crippen LogP) is 2.05. The molecule has 2 N–H and O–H groups in total. The Morgan fingerprint density at radius 3 is 2.54 bits per heavy atom. The van der Waals surface area contributed by atoms with E-state index >= 15 is 0 Å². The Hall–Kier alpha value is -1.38. The van der Waals surface area contributed by atoms with Crippen LogP contribution in [0.4, 0.5) is 4.39 Å². The summed E-state index contributed by atoms with van der Waals surface area (Å²) in [5, 5.41) is 0. The van der Waals surface area contributed by atoms with Gasteiger partial charge in [0, 0.05) is 5.56 Å². The van der Waals surface area contributed by atoms with Crippen LogP contribution in [0.3, 0.4) is 0 Å². The summed E-state index contributed by atoms with van der Waals surface area (Å²) < 4.78 is 12.8. The second-order valence-corrected chi connectivity index (χ2v) is 3.25. The van der Waals surface area contributed by atoms with Crippen LogP contribution in [-0.4, -0.2) is 5.91 Å². The monoisotopic (exact) mass is 181 g/mol. The molecular weight excluding hydrogens is 169 g/mol.